The molecule has 3 nitrogen and oxygen atoms in total. The quantitative estimate of drug-likeness (QED) is 0.869. The molecule has 0 spiro atoms. The number of methoxy groups -OCH3 is 1. The number of ether oxygens (including phenoxy) is 1. The summed E-state index contributed by atoms with van der Waals surface area (Å²) < 4.78 is 5.07. The van der Waals surface area contributed by atoms with Gasteiger partial charge in [-0.15, -0.1) is 0 Å². The lowest BCUT2D eigenvalue weighted by molar-refractivity contribution is 0.404. The van der Waals surface area contributed by atoms with E-state index in [2.05, 4.69) is 22.1 Å². The van der Waals surface area contributed by atoms with Gasteiger partial charge in [-0.2, -0.15) is 11.3 Å². The minimum Gasteiger partial charge on any atom is -0.507 e. The van der Waals surface area contributed by atoms with Gasteiger partial charge < -0.3 is 15.2 Å². The van der Waals surface area contributed by atoms with Crippen molar-refractivity contribution in [3.05, 3.63) is 46.2 Å². The summed E-state index contributed by atoms with van der Waals surface area (Å²) >= 11 is 1.69. The first-order chi connectivity index (χ1) is 8.70. The molecule has 18 heavy (non-hydrogen) atoms. The second-order valence-electron chi connectivity index (χ2n) is 4.16. The van der Waals surface area contributed by atoms with E-state index in [1.807, 2.05) is 19.1 Å². The molecule has 1 unspecified atom stereocenters. The predicted molar refractivity (Wildman–Crippen MR) is 74.2 cm³/mol. The third-order valence-corrected chi connectivity index (χ3v) is 3.63. The van der Waals surface area contributed by atoms with Crippen LogP contribution in [0.3, 0.4) is 0 Å². The van der Waals surface area contributed by atoms with E-state index in [4.69, 9.17) is 4.74 Å². The molecule has 0 aliphatic rings. The van der Waals surface area contributed by atoms with E-state index < -0.39 is 0 Å². The van der Waals surface area contributed by atoms with Crippen LogP contribution in [-0.4, -0.2) is 12.2 Å². The van der Waals surface area contributed by atoms with Crippen LogP contribution in [0, 0.1) is 0 Å². The highest BCUT2D eigenvalue weighted by atomic mass is 32.1. The van der Waals surface area contributed by atoms with Crippen molar-refractivity contribution in [3.8, 4) is 11.5 Å². The summed E-state index contributed by atoms with van der Waals surface area (Å²) in [5.74, 6) is 0.931. The van der Waals surface area contributed by atoms with Crippen molar-refractivity contribution in [1.29, 1.82) is 0 Å². The predicted octanol–water partition coefficient (Wildman–Crippen LogP) is 3.31. The molecule has 0 fully saturated rings. The fourth-order valence-electron chi connectivity index (χ4n) is 1.79. The van der Waals surface area contributed by atoms with Crippen LogP contribution >= 0.6 is 11.3 Å². The molecule has 0 saturated carbocycles. The van der Waals surface area contributed by atoms with Gasteiger partial charge in [0.1, 0.15) is 11.5 Å². The Morgan fingerprint density at radius 2 is 2.22 bits per heavy atom. The molecule has 0 amide bonds. The number of rotatable bonds is 5. The van der Waals surface area contributed by atoms with E-state index in [9.17, 15) is 5.11 Å². The lowest BCUT2D eigenvalue weighted by atomic mass is 10.1. The lowest BCUT2D eigenvalue weighted by Gasteiger charge is -2.15. The zero-order chi connectivity index (χ0) is 13.0. The van der Waals surface area contributed by atoms with E-state index in [1.54, 1.807) is 24.5 Å². The molecule has 0 radical (unpaired) electrons. The maximum Gasteiger partial charge on any atom is 0.124 e. The van der Waals surface area contributed by atoms with Gasteiger partial charge in [-0.3, -0.25) is 0 Å². The fourth-order valence-corrected chi connectivity index (χ4v) is 2.46. The molecule has 1 aromatic heterocycles. The molecular weight excluding hydrogens is 246 g/mol. The highest BCUT2D eigenvalue weighted by Gasteiger charge is 2.10. The number of phenolic OH excluding ortho intramolecular Hbond substituents is 1. The van der Waals surface area contributed by atoms with E-state index in [0.717, 1.165) is 12.1 Å². The molecule has 2 rings (SSSR count). The number of nitrogens with one attached hydrogen (secondary N) is 1. The van der Waals surface area contributed by atoms with Crippen molar-refractivity contribution in [3.63, 3.8) is 0 Å². The van der Waals surface area contributed by atoms with Crippen LogP contribution in [0.4, 0.5) is 0 Å². The molecule has 0 bridgehead atoms. The van der Waals surface area contributed by atoms with Crippen LogP contribution in [0.15, 0.2) is 35.0 Å². The van der Waals surface area contributed by atoms with Crippen molar-refractivity contribution < 1.29 is 9.84 Å². The van der Waals surface area contributed by atoms with Crippen LogP contribution in [0.5, 0.6) is 11.5 Å². The number of hydrogen-bond donors (Lipinski definition) is 2. The first-order valence-electron chi connectivity index (χ1n) is 5.82. The van der Waals surface area contributed by atoms with Gasteiger partial charge in [0.15, 0.2) is 0 Å². The zero-order valence-electron chi connectivity index (χ0n) is 10.5. The Hall–Kier alpha value is -1.52. The minimum absolute atomic E-state index is 0.0933. The summed E-state index contributed by atoms with van der Waals surface area (Å²) in [5, 5.41) is 17.5. The highest BCUT2D eigenvalue weighted by molar-refractivity contribution is 7.07. The van der Waals surface area contributed by atoms with Gasteiger partial charge in [0.25, 0.3) is 0 Å². The number of phenols is 1. The summed E-state index contributed by atoms with van der Waals surface area (Å²) in [6, 6.07) is 7.57. The monoisotopic (exact) mass is 263 g/mol. The van der Waals surface area contributed by atoms with Crippen molar-refractivity contribution in [2.75, 3.05) is 7.11 Å². The fraction of sp³-hybridized carbons (Fsp3) is 0.286. The summed E-state index contributed by atoms with van der Waals surface area (Å²) in [6.45, 7) is 2.84. The Bertz CT molecular complexity index is 497. The molecule has 0 aliphatic heterocycles. The molecule has 2 aromatic rings. The molecule has 4 heteroatoms. The highest BCUT2D eigenvalue weighted by Crippen LogP contribution is 2.28. The zero-order valence-corrected chi connectivity index (χ0v) is 11.3. The van der Waals surface area contributed by atoms with Crippen LogP contribution < -0.4 is 10.1 Å². The Morgan fingerprint density at radius 3 is 2.83 bits per heavy atom. The normalized spacial score (nSPS) is 12.3. The molecule has 1 aromatic carbocycles. The third-order valence-electron chi connectivity index (χ3n) is 2.90. The molecule has 96 valence electrons. The van der Waals surface area contributed by atoms with Crippen molar-refractivity contribution in [2.45, 2.75) is 19.5 Å². The van der Waals surface area contributed by atoms with Gasteiger partial charge in [0.05, 0.1) is 7.11 Å². The van der Waals surface area contributed by atoms with Crippen molar-refractivity contribution >= 4 is 11.3 Å². The Morgan fingerprint density at radius 1 is 1.39 bits per heavy atom. The minimum atomic E-state index is 0.0933. The summed E-state index contributed by atoms with van der Waals surface area (Å²) in [5.41, 5.74) is 2.14. The first kappa shape index (κ1) is 12.9. The molecule has 2 N–H and O–H groups in total. The molecule has 1 atom stereocenters. The van der Waals surface area contributed by atoms with Crippen molar-refractivity contribution in [1.82, 2.24) is 5.32 Å². The first-order valence-corrected chi connectivity index (χ1v) is 6.76. The van der Waals surface area contributed by atoms with Gasteiger partial charge in [-0.05, 0) is 35.4 Å². The largest absolute Gasteiger partial charge is 0.507 e. The van der Waals surface area contributed by atoms with Gasteiger partial charge in [-0.1, -0.05) is 6.07 Å². The molecular formula is C14H17NO2S. The number of benzene rings is 1. The van der Waals surface area contributed by atoms with Gasteiger partial charge in [0.2, 0.25) is 0 Å². The van der Waals surface area contributed by atoms with Crippen LogP contribution in [0.2, 0.25) is 0 Å². The summed E-state index contributed by atoms with van der Waals surface area (Å²) in [4.78, 5) is 0. The van der Waals surface area contributed by atoms with Gasteiger partial charge in [-0.25, -0.2) is 0 Å². The number of thiophene rings is 1. The maximum absolute atomic E-state index is 9.93. The standard InChI is InChI=1S/C14H17NO2S/c1-10(15-8-11-5-6-18-9-11)13-4-3-12(17-2)7-14(13)16/h3-7,9-10,15-16H,8H2,1-2H3. The van der Waals surface area contributed by atoms with E-state index in [0.29, 0.717) is 5.75 Å². The number of aromatic hydroxyl groups is 1. The molecule has 1 heterocycles. The van der Waals surface area contributed by atoms with Gasteiger partial charge >= 0.3 is 0 Å². The maximum atomic E-state index is 9.93. The Labute approximate surface area is 111 Å². The average Bonchev–Trinajstić information content (AvgIpc) is 2.88. The number of hydrogen-bond acceptors (Lipinski definition) is 4. The Balaban J connectivity index is 2.02. The van der Waals surface area contributed by atoms with E-state index >= 15 is 0 Å². The van der Waals surface area contributed by atoms with Crippen LogP contribution in [0.1, 0.15) is 24.1 Å². The second-order valence-corrected chi connectivity index (χ2v) is 4.94. The summed E-state index contributed by atoms with van der Waals surface area (Å²) in [6.07, 6.45) is 0. The topological polar surface area (TPSA) is 41.5 Å². The van der Waals surface area contributed by atoms with Gasteiger partial charge in [0, 0.05) is 24.2 Å². The van der Waals surface area contributed by atoms with E-state index in [-0.39, 0.29) is 11.8 Å². The van der Waals surface area contributed by atoms with E-state index in [1.165, 1.54) is 5.56 Å². The molecule has 0 aliphatic carbocycles. The SMILES string of the molecule is COc1ccc(C(C)NCc2ccsc2)c(O)c1. The molecule has 0 saturated heterocycles. The summed E-state index contributed by atoms with van der Waals surface area (Å²) in [7, 11) is 1.59. The third kappa shape index (κ3) is 3.03. The Kier molecular flexibility index (Phi) is 4.23. The van der Waals surface area contributed by atoms with Crippen molar-refractivity contribution in [2.24, 2.45) is 0 Å². The van der Waals surface area contributed by atoms with Crippen LogP contribution in [0.25, 0.3) is 0 Å². The smallest absolute Gasteiger partial charge is 0.124 e. The average molecular weight is 263 g/mol. The lowest BCUT2D eigenvalue weighted by Crippen LogP contribution is -2.17. The van der Waals surface area contributed by atoms with Crippen LogP contribution in [-0.2, 0) is 6.54 Å². The second kappa shape index (κ2) is 5.89.